The van der Waals surface area contributed by atoms with Gasteiger partial charge in [-0.25, -0.2) is 4.79 Å². The van der Waals surface area contributed by atoms with Crippen LogP contribution in [0.2, 0.25) is 0 Å². The zero-order chi connectivity index (χ0) is 19.0. The van der Waals surface area contributed by atoms with E-state index >= 15 is 0 Å². The summed E-state index contributed by atoms with van der Waals surface area (Å²) in [7, 11) is 0. The van der Waals surface area contributed by atoms with E-state index in [-0.39, 0.29) is 29.4 Å². The summed E-state index contributed by atoms with van der Waals surface area (Å²) in [6.07, 6.45) is 1.71. The van der Waals surface area contributed by atoms with Gasteiger partial charge in [0.25, 0.3) is 0 Å². The fraction of sp³-hybridized carbons (Fsp3) is 0.0909. The molecule has 5 heteroatoms. The number of hydrogen-bond donors (Lipinski definition) is 1. The Balaban J connectivity index is 1.89. The molecule has 0 amide bonds. The molecule has 1 N–H and O–H groups in total. The average Bonchev–Trinajstić information content (AvgIpc) is 3.08. The molecule has 0 atom stereocenters. The van der Waals surface area contributed by atoms with Crippen LogP contribution in [0.1, 0.15) is 33.3 Å². The molecule has 2 aromatic heterocycles. The number of ether oxygens (including phenoxy) is 1. The van der Waals surface area contributed by atoms with E-state index in [4.69, 9.17) is 4.74 Å². The van der Waals surface area contributed by atoms with Crippen molar-refractivity contribution in [3.05, 3.63) is 83.7 Å². The highest BCUT2D eigenvalue weighted by Crippen LogP contribution is 2.31. The van der Waals surface area contributed by atoms with Crippen LogP contribution in [0.15, 0.2) is 66.9 Å². The maximum atomic E-state index is 13.2. The molecule has 0 saturated heterocycles. The predicted molar refractivity (Wildman–Crippen MR) is 102 cm³/mol. The monoisotopic (exact) mass is 359 g/mol. The zero-order valence-corrected chi connectivity index (χ0v) is 14.7. The molecule has 2 heterocycles. The van der Waals surface area contributed by atoms with E-state index in [0.29, 0.717) is 16.5 Å². The third kappa shape index (κ3) is 2.73. The van der Waals surface area contributed by atoms with Gasteiger partial charge in [-0.15, -0.1) is 0 Å². The predicted octanol–water partition coefficient (Wildman–Crippen LogP) is 4.21. The number of phenolic OH excluding ortho intramolecular Hbond substituents is 1. The van der Waals surface area contributed by atoms with Crippen LogP contribution in [0.4, 0.5) is 0 Å². The molecule has 5 nitrogen and oxygen atoms in total. The normalized spacial score (nSPS) is 11.0. The molecule has 4 aromatic rings. The first-order chi connectivity index (χ1) is 13.1. The fourth-order valence-corrected chi connectivity index (χ4v) is 3.28. The fourth-order valence-electron chi connectivity index (χ4n) is 3.28. The molecular weight excluding hydrogens is 342 g/mol. The van der Waals surface area contributed by atoms with E-state index in [2.05, 4.69) is 0 Å². The maximum absolute atomic E-state index is 13.2. The summed E-state index contributed by atoms with van der Waals surface area (Å²) in [6, 6.07) is 17.6. The zero-order valence-electron chi connectivity index (χ0n) is 14.7. The molecule has 0 radical (unpaired) electrons. The lowest BCUT2D eigenvalue weighted by molar-refractivity contribution is 0.0518. The molecule has 134 valence electrons. The number of aromatic nitrogens is 1. The molecule has 0 fully saturated rings. The number of phenols is 1. The standard InChI is InChI=1S/C22H17NO4/c1-2-27-22(26)19-13-17(18-9-5-6-12-23(18)19)21(25)16-11-10-14-7-3-4-8-15(14)20(16)24/h3-13,24H,2H2,1H3. The SMILES string of the molecule is CCOC(=O)c1cc(C(=O)c2ccc3ccccc3c2O)c2ccccn12. The molecule has 0 spiro atoms. The van der Waals surface area contributed by atoms with Crippen molar-refractivity contribution >= 4 is 28.0 Å². The second-order valence-corrected chi connectivity index (χ2v) is 6.13. The van der Waals surface area contributed by atoms with Crippen LogP contribution in [-0.2, 0) is 4.74 Å². The number of hydrogen-bond acceptors (Lipinski definition) is 4. The number of carbonyl (C=O) groups is 2. The Hall–Kier alpha value is -3.60. The Bertz CT molecular complexity index is 1190. The van der Waals surface area contributed by atoms with Gasteiger partial charge in [-0.2, -0.15) is 0 Å². The van der Waals surface area contributed by atoms with Gasteiger partial charge in [-0.05, 0) is 36.6 Å². The van der Waals surface area contributed by atoms with Crippen molar-refractivity contribution in [2.24, 2.45) is 0 Å². The number of pyridine rings is 1. The van der Waals surface area contributed by atoms with Crippen molar-refractivity contribution in [1.29, 1.82) is 0 Å². The van der Waals surface area contributed by atoms with E-state index in [0.717, 1.165) is 5.39 Å². The van der Waals surface area contributed by atoms with Crippen LogP contribution >= 0.6 is 0 Å². The lowest BCUT2D eigenvalue weighted by Gasteiger charge is -2.07. The van der Waals surface area contributed by atoms with Crippen molar-refractivity contribution in [2.75, 3.05) is 6.61 Å². The Morgan fingerprint density at radius 3 is 2.59 bits per heavy atom. The van der Waals surface area contributed by atoms with Crippen molar-refractivity contribution in [2.45, 2.75) is 6.92 Å². The second kappa shape index (κ2) is 6.61. The van der Waals surface area contributed by atoms with Crippen molar-refractivity contribution < 1.29 is 19.4 Å². The smallest absolute Gasteiger partial charge is 0.355 e. The van der Waals surface area contributed by atoms with E-state index in [1.165, 1.54) is 6.07 Å². The van der Waals surface area contributed by atoms with Crippen LogP contribution in [0.5, 0.6) is 5.75 Å². The maximum Gasteiger partial charge on any atom is 0.355 e. The Morgan fingerprint density at radius 2 is 1.78 bits per heavy atom. The third-order valence-electron chi connectivity index (χ3n) is 4.55. The van der Waals surface area contributed by atoms with Crippen LogP contribution in [0, 0.1) is 0 Å². The van der Waals surface area contributed by atoms with Gasteiger partial charge in [0.2, 0.25) is 0 Å². The number of fused-ring (bicyclic) bond motifs is 2. The van der Waals surface area contributed by atoms with Crippen LogP contribution in [0.25, 0.3) is 16.3 Å². The molecule has 0 saturated carbocycles. The first-order valence-corrected chi connectivity index (χ1v) is 8.64. The van der Waals surface area contributed by atoms with Gasteiger partial charge in [0, 0.05) is 17.1 Å². The average molecular weight is 359 g/mol. The largest absolute Gasteiger partial charge is 0.507 e. The number of esters is 1. The molecule has 27 heavy (non-hydrogen) atoms. The summed E-state index contributed by atoms with van der Waals surface area (Å²) in [6.45, 7) is 1.97. The lowest BCUT2D eigenvalue weighted by Crippen LogP contribution is -2.07. The van der Waals surface area contributed by atoms with Gasteiger partial charge in [-0.3, -0.25) is 4.79 Å². The molecule has 4 rings (SSSR count). The summed E-state index contributed by atoms with van der Waals surface area (Å²) < 4.78 is 6.72. The highest BCUT2D eigenvalue weighted by Gasteiger charge is 2.23. The molecular formula is C22H17NO4. The second-order valence-electron chi connectivity index (χ2n) is 6.13. The number of benzene rings is 2. The Kier molecular flexibility index (Phi) is 4.12. The van der Waals surface area contributed by atoms with E-state index in [9.17, 15) is 14.7 Å². The number of nitrogens with zero attached hydrogens (tertiary/aromatic N) is 1. The summed E-state index contributed by atoms with van der Waals surface area (Å²) in [4.78, 5) is 25.5. The van der Waals surface area contributed by atoms with E-state index in [1.807, 2.05) is 18.2 Å². The van der Waals surface area contributed by atoms with E-state index < -0.39 is 5.97 Å². The number of rotatable bonds is 4. The first kappa shape index (κ1) is 16.8. The quantitative estimate of drug-likeness (QED) is 0.438. The Morgan fingerprint density at radius 1 is 1.00 bits per heavy atom. The van der Waals surface area contributed by atoms with Crippen molar-refractivity contribution in [1.82, 2.24) is 4.40 Å². The minimum atomic E-state index is -0.500. The van der Waals surface area contributed by atoms with Gasteiger partial charge in [0.05, 0.1) is 17.7 Å². The van der Waals surface area contributed by atoms with Gasteiger partial charge in [-0.1, -0.05) is 36.4 Å². The summed E-state index contributed by atoms with van der Waals surface area (Å²) in [5.41, 5.74) is 1.39. The first-order valence-electron chi connectivity index (χ1n) is 8.64. The number of ketones is 1. The summed E-state index contributed by atoms with van der Waals surface area (Å²) >= 11 is 0. The third-order valence-corrected chi connectivity index (χ3v) is 4.55. The van der Waals surface area contributed by atoms with Crippen LogP contribution in [-0.4, -0.2) is 27.9 Å². The summed E-state index contributed by atoms with van der Waals surface area (Å²) in [5, 5.41) is 12.1. The van der Waals surface area contributed by atoms with Gasteiger partial charge in [0.1, 0.15) is 11.4 Å². The molecule has 0 aliphatic carbocycles. The highest BCUT2D eigenvalue weighted by molar-refractivity contribution is 6.17. The Labute approximate surface area is 155 Å². The minimum Gasteiger partial charge on any atom is -0.507 e. The molecule has 0 aliphatic rings. The van der Waals surface area contributed by atoms with Gasteiger partial charge < -0.3 is 14.2 Å². The van der Waals surface area contributed by atoms with Gasteiger partial charge in [0.15, 0.2) is 5.78 Å². The molecule has 0 aliphatic heterocycles. The number of carbonyl (C=O) groups excluding carboxylic acids is 2. The topological polar surface area (TPSA) is 68.0 Å². The van der Waals surface area contributed by atoms with Gasteiger partial charge >= 0.3 is 5.97 Å². The van der Waals surface area contributed by atoms with Crippen LogP contribution in [0.3, 0.4) is 0 Å². The van der Waals surface area contributed by atoms with Crippen molar-refractivity contribution in [3.8, 4) is 5.75 Å². The molecule has 0 unspecified atom stereocenters. The molecule has 0 bridgehead atoms. The van der Waals surface area contributed by atoms with Crippen LogP contribution < -0.4 is 0 Å². The number of aromatic hydroxyl groups is 1. The summed E-state index contributed by atoms with van der Waals surface area (Å²) in [5.74, 6) is -0.913. The minimum absolute atomic E-state index is 0.0638. The highest BCUT2D eigenvalue weighted by atomic mass is 16.5. The molecule has 2 aromatic carbocycles. The van der Waals surface area contributed by atoms with E-state index in [1.54, 1.807) is 53.9 Å². The van der Waals surface area contributed by atoms with Crippen molar-refractivity contribution in [3.63, 3.8) is 0 Å². The lowest BCUT2D eigenvalue weighted by atomic mass is 9.99.